The molecule has 0 radical (unpaired) electrons. The van der Waals surface area contributed by atoms with Gasteiger partial charge < -0.3 is 0 Å². The summed E-state index contributed by atoms with van der Waals surface area (Å²) >= 11 is 0. The highest BCUT2D eigenvalue weighted by Gasteiger charge is 2.35. The lowest BCUT2D eigenvalue weighted by Gasteiger charge is -2.22. The molecule has 0 unspecified atom stereocenters. The molecule has 0 saturated carbocycles. The Hall–Kier alpha value is -5.20. The van der Waals surface area contributed by atoms with E-state index < -0.39 is 0 Å². The summed E-state index contributed by atoms with van der Waals surface area (Å²) in [5.74, 6) is 0. The highest BCUT2D eigenvalue weighted by atomic mass is 14.4. The van der Waals surface area contributed by atoms with Crippen LogP contribution in [-0.2, 0) is 5.41 Å². The molecular weight excluding hydrogens is 516 g/mol. The fraction of sp³-hybridized carbons (Fsp3) is 0.0698. The van der Waals surface area contributed by atoms with Crippen LogP contribution in [0, 0.1) is 0 Å². The second-order valence-electron chi connectivity index (χ2n) is 12.6. The Morgan fingerprint density at radius 2 is 0.953 bits per heavy atom. The number of rotatable bonds is 2. The Balaban J connectivity index is 1.17. The SMILES string of the molecule is CC1(C)c2cc(-c3ccc(-c4c5ccccc5cc5c4ccc4ccccc45)cc3)ccc2-c2cc3ccccc3cc21. The monoisotopic (exact) mass is 546 g/mol. The second kappa shape index (κ2) is 8.90. The molecule has 202 valence electrons. The molecule has 0 nitrogen and oxygen atoms in total. The van der Waals surface area contributed by atoms with Crippen molar-refractivity contribution in [2.75, 3.05) is 0 Å². The summed E-state index contributed by atoms with van der Waals surface area (Å²) in [4.78, 5) is 0. The molecule has 0 amide bonds. The molecule has 43 heavy (non-hydrogen) atoms. The van der Waals surface area contributed by atoms with Crippen LogP contribution in [0.25, 0.3) is 76.5 Å². The first-order chi connectivity index (χ1) is 21.1. The van der Waals surface area contributed by atoms with Crippen LogP contribution in [0.1, 0.15) is 25.0 Å². The maximum absolute atomic E-state index is 2.43. The summed E-state index contributed by atoms with van der Waals surface area (Å²) in [5, 5.41) is 10.4. The van der Waals surface area contributed by atoms with E-state index in [1.165, 1.54) is 87.6 Å². The summed E-state index contributed by atoms with van der Waals surface area (Å²) < 4.78 is 0. The zero-order valence-electron chi connectivity index (χ0n) is 24.4. The van der Waals surface area contributed by atoms with Gasteiger partial charge in [-0.3, -0.25) is 0 Å². The Labute approximate surface area is 251 Å². The highest BCUT2D eigenvalue weighted by molar-refractivity contribution is 6.20. The van der Waals surface area contributed by atoms with Crippen molar-refractivity contribution in [1.29, 1.82) is 0 Å². The van der Waals surface area contributed by atoms with Crippen molar-refractivity contribution in [2.45, 2.75) is 19.3 Å². The lowest BCUT2D eigenvalue weighted by Crippen LogP contribution is -2.15. The second-order valence-corrected chi connectivity index (χ2v) is 12.6. The molecule has 0 fully saturated rings. The van der Waals surface area contributed by atoms with Gasteiger partial charge in [0.05, 0.1) is 0 Å². The third-order valence-corrected chi connectivity index (χ3v) is 9.82. The maximum atomic E-state index is 2.43. The van der Waals surface area contributed by atoms with Gasteiger partial charge in [0.25, 0.3) is 0 Å². The van der Waals surface area contributed by atoms with Crippen LogP contribution >= 0.6 is 0 Å². The Morgan fingerprint density at radius 3 is 1.74 bits per heavy atom. The molecule has 8 aromatic rings. The van der Waals surface area contributed by atoms with Gasteiger partial charge in [-0.05, 0) is 112 Å². The minimum Gasteiger partial charge on any atom is -0.0616 e. The van der Waals surface area contributed by atoms with Gasteiger partial charge in [-0.15, -0.1) is 0 Å². The molecule has 0 aliphatic heterocycles. The van der Waals surface area contributed by atoms with Gasteiger partial charge in [0.1, 0.15) is 0 Å². The quantitative estimate of drug-likeness (QED) is 0.149. The van der Waals surface area contributed by atoms with Crippen molar-refractivity contribution < 1.29 is 0 Å². The third-order valence-electron chi connectivity index (χ3n) is 9.82. The van der Waals surface area contributed by atoms with Crippen molar-refractivity contribution >= 4 is 43.1 Å². The molecule has 0 N–H and O–H groups in total. The molecule has 0 atom stereocenters. The summed E-state index contributed by atoms with van der Waals surface area (Å²) in [6, 6.07) is 54.2. The molecule has 1 aliphatic rings. The first-order valence-electron chi connectivity index (χ1n) is 15.2. The molecule has 0 heterocycles. The maximum Gasteiger partial charge on any atom is 0.0159 e. The van der Waals surface area contributed by atoms with Crippen molar-refractivity contribution in [2.24, 2.45) is 0 Å². The van der Waals surface area contributed by atoms with Crippen LogP contribution in [0.4, 0.5) is 0 Å². The van der Waals surface area contributed by atoms with E-state index in [1.54, 1.807) is 0 Å². The first-order valence-corrected chi connectivity index (χ1v) is 15.2. The van der Waals surface area contributed by atoms with E-state index in [9.17, 15) is 0 Å². The van der Waals surface area contributed by atoms with Gasteiger partial charge in [-0.2, -0.15) is 0 Å². The van der Waals surface area contributed by atoms with Crippen molar-refractivity contribution in [1.82, 2.24) is 0 Å². The smallest absolute Gasteiger partial charge is 0.0159 e. The number of fused-ring (bicyclic) bond motifs is 8. The molecule has 1 aliphatic carbocycles. The van der Waals surface area contributed by atoms with Crippen LogP contribution in [0.5, 0.6) is 0 Å². The minimum atomic E-state index is -0.0463. The summed E-state index contributed by atoms with van der Waals surface area (Å²) in [5.41, 5.74) is 10.6. The lowest BCUT2D eigenvalue weighted by atomic mass is 9.81. The van der Waals surface area contributed by atoms with Crippen molar-refractivity contribution in [3.8, 4) is 33.4 Å². The molecule has 8 aromatic carbocycles. The largest absolute Gasteiger partial charge is 0.0616 e. The fourth-order valence-corrected chi connectivity index (χ4v) is 7.56. The Kier molecular flexibility index (Phi) is 5.05. The van der Waals surface area contributed by atoms with Crippen LogP contribution in [0.2, 0.25) is 0 Å². The van der Waals surface area contributed by atoms with E-state index in [-0.39, 0.29) is 5.41 Å². The van der Waals surface area contributed by atoms with E-state index in [1.807, 2.05) is 0 Å². The van der Waals surface area contributed by atoms with Crippen LogP contribution in [0.15, 0.2) is 146 Å². The standard InChI is InChI=1S/C43H30/c1-43(2)40-26-32(20-21-36(40)39-23-30-10-3-4-11-31(30)25-41(39)43)27-15-17-29(18-16-27)42-35-14-8-6-12-33(35)24-38-34-13-7-5-9-28(34)19-22-37(38)42/h3-26H,1-2H3. The predicted molar refractivity (Wildman–Crippen MR) is 185 cm³/mol. The summed E-state index contributed by atoms with van der Waals surface area (Å²) in [6.45, 7) is 4.74. The predicted octanol–water partition coefficient (Wildman–Crippen LogP) is 11.9. The number of hydrogen-bond acceptors (Lipinski definition) is 0. The van der Waals surface area contributed by atoms with Crippen molar-refractivity contribution in [3.63, 3.8) is 0 Å². The molecule has 0 spiro atoms. The zero-order valence-corrected chi connectivity index (χ0v) is 24.4. The highest BCUT2D eigenvalue weighted by Crippen LogP contribution is 2.51. The Morgan fingerprint density at radius 1 is 0.349 bits per heavy atom. The van der Waals surface area contributed by atoms with E-state index >= 15 is 0 Å². The Bertz CT molecular complexity index is 2400. The molecule has 0 saturated heterocycles. The van der Waals surface area contributed by atoms with Gasteiger partial charge in [0.15, 0.2) is 0 Å². The molecule has 0 bridgehead atoms. The van der Waals surface area contributed by atoms with Crippen molar-refractivity contribution in [3.05, 3.63) is 157 Å². The van der Waals surface area contributed by atoms with E-state index in [2.05, 4.69) is 159 Å². The third kappa shape index (κ3) is 3.57. The first kappa shape index (κ1) is 24.4. The lowest BCUT2D eigenvalue weighted by molar-refractivity contribution is 0.661. The summed E-state index contributed by atoms with van der Waals surface area (Å²) in [6.07, 6.45) is 0. The molecule has 9 rings (SSSR count). The van der Waals surface area contributed by atoms with E-state index in [0.29, 0.717) is 0 Å². The van der Waals surface area contributed by atoms with Gasteiger partial charge >= 0.3 is 0 Å². The average molecular weight is 547 g/mol. The number of hydrogen-bond donors (Lipinski definition) is 0. The molecule has 0 heteroatoms. The van der Waals surface area contributed by atoms with Crippen LogP contribution in [-0.4, -0.2) is 0 Å². The fourth-order valence-electron chi connectivity index (χ4n) is 7.56. The number of benzene rings is 8. The van der Waals surface area contributed by atoms with Crippen LogP contribution < -0.4 is 0 Å². The zero-order chi connectivity index (χ0) is 28.7. The van der Waals surface area contributed by atoms with Gasteiger partial charge in [-0.1, -0.05) is 135 Å². The molecular formula is C43H30. The normalized spacial score (nSPS) is 13.5. The van der Waals surface area contributed by atoms with E-state index in [0.717, 1.165) is 0 Å². The van der Waals surface area contributed by atoms with Gasteiger partial charge in [-0.25, -0.2) is 0 Å². The summed E-state index contributed by atoms with van der Waals surface area (Å²) in [7, 11) is 0. The average Bonchev–Trinajstić information content (AvgIpc) is 3.27. The van der Waals surface area contributed by atoms with Crippen LogP contribution in [0.3, 0.4) is 0 Å². The molecule has 0 aromatic heterocycles. The minimum absolute atomic E-state index is 0.0463. The van der Waals surface area contributed by atoms with E-state index in [4.69, 9.17) is 0 Å². The topological polar surface area (TPSA) is 0 Å². The van der Waals surface area contributed by atoms with Gasteiger partial charge in [0, 0.05) is 5.41 Å². The van der Waals surface area contributed by atoms with Gasteiger partial charge in [0.2, 0.25) is 0 Å².